The fourth-order valence-electron chi connectivity index (χ4n) is 3.66. The molecule has 1 unspecified atom stereocenters. The van der Waals surface area contributed by atoms with Gasteiger partial charge in [-0.05, 0) is 61.1 Å². The van der Waals surface area contributed by atoms with Gasteiger partial charge in [-0.15, -0.1) is 0 Å². The van der Waals surface area contributed by atoms with Crippen molar-refractivity contribution in [2.45, 2.75) is 52.7 Å². The number of benzene rings is 2. The van der Waals surface area contributed by atoms with Gasteiger partial charge in [0.05, 0.1) is 6.61 Å². The monoisotopic (exact) mass is 364 g/mol. The molecule has 0 amide bonds. The van der Waals surface area contributed by atoms with Gasteiger partial charge in [0.25, 0.3) is 0 Å². The van der Waals surface area contributed by atoms with Crippen molar-refractivity contribution in [3.63, 3.8) is 0 Å². The molecule has 0 radical (unpaired) electrons. The Morgan fingerprint density at radius 1 is 1.19 bits per heavy atom. The van der Waals surface area contributed by atoms with Crippen molar-refractivity contribution in [1.29, 1.82) is 0 Å². The van der Waals surface area contributed by atoms with Crippen molar-refractivity contribution in [2.24, 2.45) is 0 Å². The van der Waals surface area contributed by atoms with Gasteiger partial charge >= 0.3 is 0 Å². The van der Waals surface area contributed by atoms with Gasteiger partial charge in [-0.2, -0.15) is 0 Å². The number of nitrogens with zero attached hydrogens (tertiary/aromatic N) is 1. The van der Waals surface area contributed by atoms with E-state index < -0.39 is 0 Å². The molecular weight excluding hydrogens is 332 g/mol. The zero-order valence-electron chi connectivity index (χ0n) is 16.9. The maximum atomic E-state index is 5.77. The van der Waals surface area contributed by atoms with Crippen LogP contribution in [0.3, 0.4) is 0 Å². The van der Waals surface area contributed by atoms with Crippen LogP contribution >= 0.6 is 0 Å². The van der Waals surface area contributed by atoms with E-state index in [-0.39, 0.29) is 0 Å². The molecule has 1 aliphatic rings. The summed E-state index contributed by atoms with van der Waals surface area (Å²) in [6, 6.07) is 15.8. The largest absolute Gasteiger partial charge is 0.494 e. The normalized spacial score (nSPS) is 15.1. The first kappa shape index (κ1) is 19.5. The first-order valence-corrected chi connectivity index (χ1v) is 10.0. The zero-order valence-corrected chi connectivity index (χ0v) is 16.9. The van der Waals surface area contributed by atoms with Crippen molar-refractivity contribution in [3.8, 4) is 5.75 Å². The smallest absolute Gasteiger partial charge is 0.119 e. The lowest BCUT2D eigenvalue weighted by molar-refractivity contribution is 0.244. The van der Waals surface area contributed by atoms with Crippen LogP contribution in [-0.2, 0) is 19.5 Å². The topological polar surface area (TPSA) is 24.5 Å². The number of allylic oxidation sites excluding steroid dienone is 1. The minimum atomic E-state index is 0.294. The number of nitrogens with one attached hydrogen (secondary N) is 1. The fourth-order valence-corrected chi connectivity index (χ4v) is 3.66. The lowest BCUT2D eigenvalue weighted by Crippen LogP contribution is -2.30. The molecule has 27 heavy (non-hydrogen) atoms. The maximum Gasteiger partial charge on any atom is 0.119 e. The van der Waals surface area contributed by atoms with Crippen LogP contribution in [0.25, 0.3) is 0 Å². The summed E-state index contributed by atoms with van der Waals surface area (Å²) in [6.07, 6.45) is 2.14. The summed E-state index contributed by atoms with van der Waals surface area (Å²) in [5.74, 6) is 1.01. The average Bonchev–Trinajstić information content (AvgIpc) is 2.66. The highest BCUT2D eigenvalue weighted by Crippen LogP contribution is 2.25. The van der Waals surface area contributed by atoms with Crippen LogP contribution in [0.5, 0.6) is 5.75 Å². The third-order valence-electron chi connectivity index (χ3n) is 5.09. The van der Waals surface area contributed by atoms with Crippen LogP contribution in [0.4, 0.5) is 0 Å². The van der Waals surface area contributed by atoms with Crippen LogP contribution in [0, 0.1) is 0 Å². The van der Waals surface area contributed by atoms with E-state index in [1.54, 1.807) is 0 Å². The number of hydrogen-bond donors (Lipinski definition) is 1. The van der Waals surface area contributed by atoms with Gasteiger partial charge in [0, 0.05) is 31.4 Å². The minimum absolute atomic E-state index is 0.294. The Morgan fingerprint density at radius 3 is 2.67 bits per heavy atom. The van der Waals surface area contributed by atoms with E-state index >= 15 is 0 Å². The third-order valence-corrected chi connectivity index (χ3v) is 5.09. The van der Waals surface area contributed by atoms with Crippen molar-refractivity contribution in [3.05, 3.63) is 77.0 Å². The van der Waals surface area contributed by atoms with E-state index in [2.05, 4.69) is 73.1 Å². The van der Waals surface area contributed by atoms with Crippen molar-refractivity contribution in [1.82, 2.24) is 10.2 Å². The number of ether oxygens (including phenoxy) is 1. The molecule has 0 fully saturated rings. The highest BCUT2D eigenvalue weighted by Gasteiger charge is 2.17. The summed E-state index contributed by atoms with van der Waals surface area (Å²) in [4.78, 5) is 2.53. The summed E-state index contributed by atoms with van der Waals surface area (Å²) in [6.45, 7) is 14.1. The molecule has 1 N–H and O–H groups in total. The van der Waals surface area contributed by atoms with Gasteiger partial charge < -0.3 is 10.1 Å². The Balaban J connectivity index is 1.59. The van der Waals surface area contributed by atoms with Crippen LogP contribution in [0.2, 0.25) is 0 Å². The Bertz CT molecular complexity index is 766. The second kappa shape index (κ2) is 9.09. The first-order chi connectivity index (χ1) is 13.0. The van der Waals surface area contributed by atoms with Gasteiger partial charge in [-0.3, -0.25) is 4.90 Å². The SMILES string of the molecule is C=C(C)NC(C)c1ccc(CN2CCc3cc(OCCC)ccc3C2)cc1. The van der Waals surface area contributed by atoms with E-state index in [1.807, 2.05) is 6.92 Å². The summed E-state index contributed by atoms with van der Waals surface area (Å²) < 4.78 is 5.77. The highest BCUT2D eigenvalue weighted by molar-refractivity contribution is 5.37. The standard InChI is InChI=1S/C24H32N2O/c1-5-14-27-24-11-10-23-17-26(13-12-22(23)15-24)16-20-6-8-21(9-7-20)19(4)25-18(2)3/h6-11,15,19,25H,2,5,12-14,16-17H2,1,3-4H3. The molecule has 1 aliphatic heterocycles. The van der Waals surface area contributed by atoms with Crippen LogP contribution < -0.4 is 10.1 Å². The molecule has 0 saturated heterocycles. The Hall–Kier alpha value is -2.26. The molecule has 2 aromatic carbocycles. The van der Waals surface area contributed by atoms with Crippen LogP contribution in [-0.4, -0.2) is 18.1 Å². The van der Waals surface area contributed by atoms with Crippen LogP contribution in [0.1, 0.15) is 55.5 Å². The van der Waals surface area contributed by atoms with Gasteiger partial charge in [0.1, 0.15) is 5.75 Å². The molecule has 3 rings (SSSR count). The van der Waals surface area contributed by atoms with Crippen molar-refractivity contribution >= 4 is 0 Å². The second-order valence-corrected chi connectivity index (χ2v) is 7.63. The maximum absolute atomic E-state index is 5.77. The lowest BCUT2D eigenvalue weighted by Gasteiger charge is -2.29. The molecule has 0 aromatic heterocycles. The first-order valence-electron chi connectivity index (χ1n) is 10.0. The number of fused-ring (bicyclic) bond motifs is 1. The predicted molar refractivity (Wildman–Crippen MR) is 113 cm³/mol. The summed E-state index contributed by atoms with van der Waals surface area (Å²) >= 11 is 0. The molecule has 0 aliphatic carbocycles. The van der Waals surface area contributed by atoms with Crippen molar-refractivity contribution < 1.29 is 4.74 Å². The van der Waals surface area contributed by atoms with Gasteiger partial charge in [-0.1, -0.05) is 43.8 Å². The van der Waals surface area contributed by atoms with Gasteiger partial charge in [-0.25, -0.2) is 0 Å². The summed E-state index contributed by atoms with van der Waals surface area (Å²) in [5.41, 5.74) is 6.54. The highest BCUT2D eigenvalue weighted by atomic mass is 16.5. The Labute approximate surface area is 164 Å². The summed E-state index contributed by atoms with van der Waals surface area (Å²) in [5, 5.41) is 3.37. The lowest BCUT2D eigenvalue weighted by atomic mass is 9.98. The van der Waals surface area contributed by atoms with Crippen LogP contribution in [0.15, 0.2) is 54.7 Å². The quantitative estimate of drug-likeness (QED) is 0.695. The van der Waals surface area contributed by atoms with Crippen molar-refractivity contribution in [2.75, 3.05) is 13.2 Å². The molecule has 0 saturated carbocycles. The molecule has 3 heteroatoms. The zero-order chi connectivity index (χ0) is 19.2. The van der Waals surface area contributed by atoms with E-state index in [4.69, 9.17) is 4.74 Å². The molecule has 0 spiro atoms. The molecule has 0 bridgehead atoms. The van der Waals surface area contributed by atoms with Gasteiger partial charge in [0.15, 0.2) is 0 Å². The van der Waals surface area contributed by atoms with E-state index in [0.29, 0.717) is 6.04 Å². The Morgan fingerprint density at radius 2 is 1.96 bits per heavy atom. The number of rotatable bonds is 8. The molecule has 1 atom stereocenters. The molecule has 3 nitrogen and oxygen atoms in total. The predicted octanol–water partition coefficient (Wildman–Crippen LogP) is 5.22. The minimum Gasteiger partial charge on any atom is -0.494 e. The second-order valence-electron chi connectivity index (χ2n) is 7.63. The summed E-state index contributed by atoms with van der Waals surface area (Å²) in [7, 11) is 0. The third kappa shape index (κ3) is 5.36. The molecule has 2 aromatic rings. The number of hydrogen-bond acceptors (Lipinski definition) is 3. The Kier molecular flexibility index (Phi) is 6.57. The fraction of sp³-hybridized carbons (Fsp3) is 0.417. The molecule has 1 heterocycles. The molecular formula is C24H32N2O. The van der Waals surface area contributed by atoms with E-state index in [9.17, 15) is 0 Å². The molecule has 144 valence electrons. The van der Waals surface area contributed by atoms with E-state index in [0.717, 1.165) is 50.5 Å². The van der Waals surface area contributed by atoms with Gasteiger partial charge in [0.2, 0.25) is 0 Å². The van der Waals surface area contributed by atoms with E-state index in [1.165, 1.54) is 22.3 Å². The average molecular weight is 365 g/mol.